The number of hydrogen-bond donors (Lipinski definition) is 0. The molecule has 0 bridgehead atoms. The number of hydrogen-bond acceptors (Lipinski definition) is 6. The molecule has 0 saturated carbocycles. The predicted octanol–water partition coefficient (Wildman–Crippen LogP) is 3.46. The molecule has 2 aromatic rings. The van der Waals surface area contributed by atoms with Crippen molar-refractivity contribution >= 4 is 17.7 Å². The van der Waals surface area contributed by atoms with Crippen LogP contribution in [0.2, 0.25) is 0 Å². The molecule has 6 nitrogen and oxygen atoms in total. The van der Waals surface area contributed by atoms with Gasteiger partial charge in [-0.05, 0) is 42.3 Å². The standard InChI is InChI=1S/C20H19NO5S/c22-20(14-2-4-16-18(10-14)26-12-24-16)21-6-5-19(27-8-7-21)13-1-3-15-17(9-13)25-11-23-15/h1-4,9-10,19H,5-8,11-12H2. The van der Waals surface area contributed by atoms with Gasteiger partial charge in [-0.15, -0.1) is 0 Å². The van der Waals surface area contributed by atoms with Gasteiger partial charge in [-0.2, -0.15) is 11.8 Å². The van der Waals surface area contributed by atoms with Crippen molar-refractivity contribution in [3.63, 3.8) is 0 Å². The van der Waals surface area contributed by atoms with Crippen molar-refractivity contribution in [2.45, 2.75) is 11.7 Å². The van der Waals surface area contributed by atoms with E-state index in [4.69, 9.17) is 18.9 Å². The topological polar surface area (TPSA) is 57.2 Å². The van der Waals surface area contributed by atoms with Gasteiger partial charge < -0.3 is 23.8 Å². The number of carbonyl (C=O) groups is 1. The zero-order chi connectivity index (χ0) is 18.2. The maximum atomic E-state index is 12.9. The molecule has 3 aliphatic heterocycles. The molecule has 1 unspecified atom stereocenters. The highest BCUT2D eigenvalue weighted by atomic mass is 32.2. The van der Waals surface area contributed by atoms with E-state index in [-0.39, 0.29) is 19.5 Å². The maximum absolute atomic E-state index is 12.9. The second kappa shape index (κ2) is 6.88. The molecule has 1 saturated heterocycles. The number of nitrogens with zero attached hydrogens (tertiary/aromatic N) is 1. The van der Waals surface area contributed by atoms with Gasteiger partial charge in [-0.25, -0.2) is 0 Å². The Morgan fingerprint density at radius 1 is 0.889 bits per heavy atom. The van der Waals surface area contributed by atoms with E-state index in [0.717, 1.165) is 36.8 Å². The lowest BCUT2D eigenvalue weighted by Crippen LogP contribution is -2.32. The minimum absolute atomic E-state index is 0.0419. The van der Waals surface area contributed by atoms with Crippen LogP contribution < -0.4 is 18.9 Å². The van der Waals surface area contributed by atoms with E-state index in [1.807, 2.05) is 28.8 Å². The van der Waals surface area contributed by atoms with Crippen molar-refractivity contribution in [3.05, 3.63) is 47.5 Å². The van der Waals surface area contributed by atoms with Crippen LogP contribution in [0.25, 0.3) is 0 Å². The Kier molecular flexibility index (Phi) is 4.24. The number of amides is 1. The average Bonchev–Trinajstić information content (AvgIpc) is 3.29. The van der Waals surface area contributed by atoms with Crippen molar-refractivity contribution < 1.29 is 23.7 Å². The summed E-state index contributed by atoms with van der Waals surface area (Å²) in [5.41, 5.74) is 1.87. The Balaban J connectivity index is 1.29. The first-order valence-electron chi connectivity index (χ1n) is 8.98. The zero-order valence-electron chi connectivity index (χ0n) is 14.7. The summed E-state index contributed by atoms with van der Waals surface area (Å²) in [6, 6.07) is 11.5. The van der Waals surface area contributed by atoms with E-state index in [2.05, 4.69) is 12.1 Å². The van der Waals surface area contributed by atoms with Crippen LogP contribution >= 0.6 is 11.8 Å². The quantitative estimate of drug-likeness (QED) is 0.789. The zero-order valence-corrected chi connectivity index (χ0v) is 15.5. The number of ether oxygens (including phenoxy) is 4. The third-order valence-electron chi connectivity index (χ3n) is 5.02. The fourth-order valence-electron chi connectivity index (χ4n) is 3.56. The second-order valence-electron chi connectivity index (χ2n) is 6.62. The molecule has 0 N–H and O–H groups in total. The molecule has 5 rings (SSSR count). The van der Waals surface area contributed by atoms with Crippen LogP contribution in [0.4, 0.5) is 0 Å². The number of carbonyl (C=O) groups excluding carboxylic acids is 1. The molecule has 1 atom stereocenters. The van der Waals surface area contributed by atoms with Crippen molar-refractivity contribution in [2.75, 3.05) is 32.4 Å². The van der Waals surface area contributed by atoms with E-state index < -0.39 is 0 Å². The SMILES string of the molecule is O=C(c1ccc2c(c1)OCO2)N1CCSC(c2ccc3c(c2)OCO3)CC1. The van der Waals surface area contributed by atoms with E-state index in [9.17, 15) is 4.79 Å². The molecule has 2 aromatic carbocycles. The van der Waals surface area contributed by atoms with Gasteiger partial charge >= 0.3 is 0 Å². The number of benzene rings is 2. The van der Waals surface area contributed by atoms with Crippen LogP contribution in [0.5, 0.6) is 23.0 Å². The van der Waals surface area contributed by atoms with Crippen LogP contribution in [0.3, 0.4) is 0 Å². The van der Waals surface area contributed by atoms with Crippen molar-refractivity contribution in [3.8, 4) is 23.0 Å². The van der Waals surface area contributed by atoms with Gasteiger partial charge in [0.1, 0.15) is 0 Å². The largest absolute Gasteiger partial charge is 0.454 e. The second-order valence-corrected chi connectivity index (χ2v) is 7.93. The highest BCUT2D eigenvalue weighted by Gasteiger charge is 2.25. The van der Waals surface area contributed by atoms with Gasteiger partial charge in [0.05, 0.1) is 0 Å². The third-order valence-corrected chi connectivity index (χ3v) is 6.35. The van der Waals surface area contributed by atoms with Gasteiger partial charge in [0, 0.05) is 29.7 Å². The van der Waals surface area contributed by atoms with Gasteiger partial charge in [0.15, 0.2) is 23.0 Å². The van der Waals surface area contributed by atoms with E-state index in [1.165, 1.54) is 5.56 Å². The molecule has 3 aliphatic rings. The summed E-state index contributed by atoms with van der Waals surface area (Å²) < 4.78 is 21.6. The van der Waals surface area contributed by atoms with Crippen LogP contribution in [0.15, 0.2) is 36.4 Å². The smallest absolute Gasteiger partial charge is 0.254 e. The molecular weight excluding hydrogens is 366 g/mol. The summed E-state index contributed by atoms with van der Waals surface area (Å²) in [6.45, 7) is 1.96. The Morgan fingerprint density at radius 2 is 1.59 bits per heavy atom. The summed E-state index contributed by atoms with van der Waals surface area (Å²) >= 11 is 1.88. The fourth-order valence-corrected chi connectivity index (χ4v) is 4.79. The van der Waals surface area contributed by atoms with Gasteiger partial charge in [-0.1, -0.05) is 6.07 Å². The molecule has 1 amide bonds. The summed E-state index contributed by atoms with van der Waals surface area (Å²) in [5.74, 6) is 3.89. The average molecular weight is 385 g/mol. The number of rotatable bonds is 2. The van der Waals surface area contributed by atoms with E-state index in [0.29, 0.717) is 22.3 Å². The lowest BCUT2D eigenvalue weighted by Gasteiger charge is -2.20. The molecule has 1 fully saturated rings. The van der Waals surface area contributed by atoms with Gasteiger partial charge in [0.25, 0.3) is 5.91 Å². The van der Waals surface area contributed by atoms with E-state index >= 15 is 0 Å². The van der Waals surface area contributed by atoms with E-state index in [1.54, 1.807) is 12.1 Å². The first kappa shape index (κ1) is 16.6. The fraction of sp³-hybridized carbons (Fsp3) is 0.350. The summed E-state index contributed by atoms with van der Waals surface area (Å²) in [7, 11) is 0. The summed E-state index contributed by atoms with van der Waals surface area (Å²) in [5, 5.41) is 0.342. The van der Waals surface area contributed by atoms with Crippen molar-refractivity contribution in [2.24, 2.45) is 0 Å². The Hall–Kier alpha value is -2.54. The minimum atomic E-state index is 0.0419. The highest BCUT2D eigenvalue weighted by Crippen LogP contribution is 2.40. The number of fused-ring (bicyclic) bond motifs is 2. The third kappa shape index (κ3) is 3.16. The van der Waals surface area contributed by atoms with Crippen LogP contribution in [-0.2, 0) is 0 Å². The molecule has 140 valence electrons. The summed E-state index contributed by atoms with van der Waals surface area (Å²) in [6.07, 6.45) is 0.903. The lowest BCUT2D eigenvalue weighted by molar-refractivity contribution is 0.0766. The lowest BCUT2D eigenvalue weighted by atomic mass is 10.1. The van der Waals surface area contributed by atoms with Crippen LogP contribution in [-0.4, -0.2) is 43.2 Å². The molecule has 0 radical (unpaired) electrons. The van der Waals surface area contributed by atoms with Crippen molar-refractivity contribution in [1.29, 1.82) is 0 Å². The van der Waals surface area contributed by atoms with Crippen LogP contribution in [0, 0.1) is 0 Å². The summed E-state index contributed by atoms with van der Waals surface area (Å²) in [4.78, 5) is 14.9. The minimum Gasteiger partial charge on any atom is -0.454 e. The molecule has 0 aliphatic carbocycles. The van der Waals surface area contributed by atoms with Crippen LogP contribution in [0.1, 0.15) is 27.6 Å². The number of thioether (sulfide) groups is 1. The Morgan fingerprint density at radius 3 is 2.41 bits per heavy atom. The van der Waals surface area contributed by atoms with Gasteiger partial charge in [-0.3, -0.25) is 4.79 Å². The Bertz CT molecular complexity index is 887. The molecular formula is C20H19NO5S. The predicted molar refractivity (Wildman–Crippen MR) is 101 cm³/mol. The first-order chi connectivity index (χ1) is 13.3. The molecule has 0 spiro atoms. The molecule has 3 heterocycles. The van der Waals surface area contributed by atoms with Gasteiger partial charge in [0.2, 0.25) is 13.6 Å². The van der Waals surface area contributed by atoms with Crippen molar-refractivity contribution in [1.82, 2.24) is 4.90 Å². The highest BCUT2D eigenvalue weighted by molar-refractivity contribution is 7.99. The Labute approximate surface area is 161 Å². The molecule has 7 heteroatoms. The first-order valence-corrected chi connectivity index (χ1v) is 10.0. The molecule has 0 aromatic heterocycles. The molecule has 27 heavy (non-hydrogen) atoms. The maximum Gasteiger partial charge on any atom is 0.254 e. The normalized spacial score (nSPS) is 20.4. The monoisotopic (exact) mass is 385 g/mol.